The molecule has 0 aromatic heterocycles. The van der Waals surface area contributed by atoms with E-state index >= 15 is 0 Å². The van der Waals surface area contributed by atoms with Gasteiger partial charge in [0.15, 0.2) is 0 Å². The van der Waals surface area contributed by atoms with Gasteiger partial charge in [-0.1, -0.05) is 36.4 Å². The van der Waals surface area contributed by atoms with Crippen molar-refractivity contribution in [1.29, 1.82) is 0 Å². The summed E-state index contributed by atoms with van der Waals surface area (Å²) in [6.45, 7) is 58.5. The Hall–Kier alpha value is 0.836. The number of ketones is 9. The summed E-state index contributed by atoms with van der Waals surface area (Å²) in [5, 5.41) is 12.9. The number of rotatable bonds is 40. The summed E-state index contributed by atoms with van der Waals surface area (Å²) in [5.74, 6) is 11.3. The number of azide groups is 3. The predicted octanol–water partition coefficient (Wildman–Crippen LogP) is 16.1. The van der Waals surface area contributed by atoms with Crippen LogP contribution in [-0.2, 0) is 357 Å². The number of urea groups is 1. The molecule has 0 aromatic carbocycles. The van der Waals surface area contributed by atoms with Crippen molar-refractivity contribution in [2.75, 3.05) is 78.7 Å². The Bertz CT molecular complexity index is 3360. The number of hydrogen-bond donors (Lipinski definition) is 1. The summed E-state index contributed by atoms with van der Waals surface area (Å²) in [5.41, 5.74) is 25.7. The van der Waals surface area contributed by atoms with Gasteiger partial charge in [-0.05, 0) is 355 Å². The third kappa shape index (κ3) is 63.0. The van der Waals surface area contributed by atoms with E-state index in [-0.39, 0.29) is 397 Å². The average molecular weight is 4270 g/mol. The van der Waals surface area contributed by atoms with Gasteiger partial charge in [0.25, 0.3) is 0 Å². The van der Waals surface area contributed by atoms with Gasteiger partial charge in [0.05, 0.1) is 13.2 Å². The van der Waals surface area contributed by atoms with Crippen LogP contribution in [0.2, 0.25) is 0 Å². The molecule has 5 amide bonds. The molecule has 42 heteroatoms. The van der Waals surface area contributed by atoms with Crippen molar-refractivity contribution in [2.45, 2.75) is 224 Å². The van der Waals surface area contributed by atoms with Gasteiger partial charge in [0.1, 0.15) is 13.1 Å². The first kappa shape index (κ1) is 159. The fraction of sp³-hybridized carbons (Fsp3) is 0.691. The first-order valence-corrected chi connectivity index (χ1v) is 44.3. The van der Waals surface area contributed by atoms with E-state index in [1.165, 1.54) is 98.2 Å². The zero-order valence-electron chi connectivity index (χ0n) is 79.0. The van der Waals surface area contributed by atoms with Crippen molar-refractivity contribution in [3.63, 3.8) is 0 Å². The second kappa shape index (κ2) is 88.7. The molecular formula is C94H142N14O14W14-14. The molecule has 16 unspecified atom stereocenters. The molecule has 12 aliphatic rings. The molecule has 2 aliphatic heterocycles. The van der Waals surface area contributed by atoms with Crippen LogP contribution in [0.3, 0.4) is 0 Å². The first-order chi connectivity index (χ1) is 58.0. The van der Waals surface area contributed by atoms with Crippen molar-refractivity contribution in [2.24, 2.45) is 122 Å². The molecule has 16 atom stereocenters. The Kier molecular flexibility index (Phi) is 104. The Labute approximate surface area is 1010 Å². The number of ether oxygens (including phenoxy) is 1. The van der Waals surface area contributed by atoms with Gasteiger partial charge in [-0.25, -0.2) is 19.1 Å². The molecule has 10 bridgehead atoms. The topological polar surface area (TPSA) is 402 Å². The molecular weight excluding hydrogens is 4120 g/mol. The molecule has 136 heavy (non-hydrogen) atoms. The molecule has 10 saturated carbocycles. The zero-order chi connectivity index (χ0) is 90.7. The molecule has 0 radical (unpaired) electrons. The minimum absolute atomic E-state index is 0. The van der Waals surface area contributed by atoms with E-state index in [2.05, 4.69) is 139 Å². The van der Waals surface area contributed by atoms with Gasteiger partial charge in [-0.3, -0.25) is 19.2 Å². The number of carbonyl (C=O) groups is 13. The summed E-state index contributed by atoms with van der Waals surface area (Å²) in [4.78, 5) is 159. The number of allylic oxidation sites excluding steroid dienone is 1. The molecule has 2 heterocycles. The van der Waals surface area contributed by atoms with E-state index in [4.69, 9.17) is 21.3 Å². The maximum Gasteiger partial charge on any atom is 0.310 e. The van der Waals surface area contributed by atoms with Crippen LogP contribution >= 0.6 is 0 Å². The normalized spacial score (nSPS) is 24.9. The zero-order valence-corrected chi connectivity index (χ0v) is 120. The summed E-state index contributed by atoms with van der Waals surface area (Å²) in [7, 11) is 0. The summed E-state index contributed by atoms with van der Waals surface area (Å²) in [6.07, 6.45) is 30.9. The summed E-state index contributed by atoms with van der Waals surface area (Å²) >= 11 is 0. The van der Waals surface area contributed by atoms with E-state index in [1.807, 2.05) is 0 Å². The molecule has 2 saturated heterocycles. The minimum Gasteiger partial charge on any atom is -0.378 e. The first-order valence-electron chi connectivity index (χ1n) is 44.3. The molecule has 0 spiro atoms. The van der Waals surface area contributed by atoms with Crippen molar-refractivity contribution >= 4 is 75.8 Å². The minimum atomic E-state index is -0.710. The quantitative estimate of drug-likeness (QED) is 0.0196. The van der Waals surface area contributed by atoms with Crippen LogP contribution in [0, 0.1) is 203 Å². The summed E-state index contributed by atoms with van der Waals surface area (Å²) < 4.78 is 5.40. The Morgan fingerprint density at radius 3 is 0.875 bits per heavy atom. The van der Waals surface area contributed by atoms with Crippen LogP contribution in [0.15, 0.2) is 27.5 Å². The van der Waals surface area contributed by atoms with Gasteiger partial charge in [-0.15, -0.1) is 13.1 Å². The van der Waals surface area contributed by atoms with Crippen LogP contribution < -0.4 is 5.32 Å². The molecule has 1 N–H and O–H groups in total. The van der Waals surface area contributed by atoms with Crippen molar-refractivity contribution in [3.8, 4) is 0 Å². The SMILES string of the molecule is C=C([CH2-])CC1CC2CCC1CC2CC([CH2-])=O.[CH2-]C(=O)CC1CC2CC1CC2CC([CH2-])=O.[CH2-]C(=O)CC1CC2CCC(C1)CC(CC([CH2-])=O)C2.[CH2-]C(=O)CC1CC2CCC1CC2CC([CH2-])=O.[CH2-]C(=O)CC1CC2NC1CC2CC([CH2-])=O.[CH2-]CCN(CCN(CC[CH2-])C(=O)N=[N+]=[N-])C(=O)CN=[N+]=[N-].[CH2-]CN(CCOCCN(C[CH2-])C(=O)CN=[N+]=[N-])C(=O)CC.[W].[W].[W].[W].[W].[W].[W].[W].[W].[W].[W].[W].[W].[W]. The van der Waals surface area contributed by atoms with Crippen LogP contribution in [0.25, 0.3) is 31.3 Å². The van der Waals surface area contributed by atoms with Crippen molar-refractivity contribution < 1.29 is 362 Å². The number of carbonyl (C=O) groups excluding carboxylic acids is 13. The molecule has 28 nitrogen and oxygen atoms in total. The molecule has 0 aromatic rings. The molecule has 10 aliphatic carbocycles. The average Bonchev–Trinajstić information content (AvgIpc) is 1.76. The maximum atomic E-state index is 11.8. The third-order valence-electron chi connectivity index (χ3n) is 26.7. The summed E-state index contributed by atoms with van der Waals surface area (Å²) in [6, 6.07) is 0.133. The fourth-order valence-electron chi connectivity index (χ4n) is 21.7. The monoisotopic (exact) mass is 4270 g/mol. The smallest absolute Gasteiger partial charge is 0.310 e. The number of nitrogens with zero attached hydrogens (tertiary/aromatic N) is 13. The number of hydrogen-bond acceptors (Lipinski definition) is 17. The van der Waals surface area contributed by atoms with Gasteiger partial charge >= 0.3 is 6.03 Å². The predicted molar refractivity (Wildman–Crippen MR) is 471 cm³/mol. The number of fused-ring (bicyclic) bond motifs is 13. The molecule has 770 valence electrons. The van der Waals surface area contributed by atoms with Crippen LogP contribution in [0.4, 0.5) is 4.79 Å². The van der Waals surface area contributed by atoms with Gasteiger partial charge in [0.2, 0.25) is 17.7 Å². The van der Waals surface area contributed by atoms with Crippen molar-refractivity contribution in [1.82, 2.24) is 24.9 Å². The fourth-order valence-corrected chi connectivity index (χ4v) is 21.7. The second-order valence-electron chi connectivity index (χ2n) is 36.0. The van der Waals surface area contributed by atoms with Crippen LogP contribution in [0.5, 0.6) is 0 Å². The van der Waals surface area contributed by atoms with Gasteiger partial charge < -0.3 is 163 Å². The van der Waals surface area contributed by atoms with E-state index in [1.54, 1.807) is 11.8 Å². The molecule has 12 rings (SSSR count). The largest absolute Gasteiger partial charge is 0.378 e. The van der Waals surface area contributed by atoms with E-state index in [0.717, 1.165) is 68.3 Å². The van der Waals surface area contributed by atoms with Gasteiger partial charge in [0, 0.05) is 359 Å². The third-order valence-corrected chi connectivity index (χ3v) is 26.7. The Morgan fingerprint density at radius 2 is 0.610 bits per heavy atom. The Morgan fingerprint density at radius 1 is 0.331 bits per heavy atom. The van der Waals surface area contributed by atoms with E-state index in [9.17, 15) is 62.3 Å². The molecule has 12 fully saturated rings. The Balaban J connectivity index is -0.000000147. The standard InChI is InChI=1S/C16H24O2.C15H22O.C14H20O2.C13H23N5O3.C13H18O2.C12H17NO2.C11H18N8O2.14W/c1-11(17)5-15-7-13-3-4-14(8-15)10-16(9-13)6-12(2)18;1-10(2)6-14-8-13-5-4-12(14)9-15(13)7-11(3)16;1-9(15)5-13-7-12-4-3-11(13)8-14(12)6-10(2)16;1-4-12(19)17(5-2)7-9-21-10-8-18(6-3)13(20)11-15-16-14;1-8(14)3-10-5-13-7-12(10)6-11(13)4-9(2)15;1-7(14)3-9-5-12-10(4-8(2)15)6-11(9)13-12;1-3-5-18(10(20)9-14-16-12)7-8-19(6-4-2)11(21)15-17-13;;;;;;;;;;;;;;/h13-16H,1-10H2;12-15H,1-9H2;11-14H,1-8H2;2-11H2,1H3;10-13H,1-7H2;9-13H,1-6H2;1-9H2;;;;;;;;;;;;;;/q7*-2;;;;;;;;;;;;;;. The number of nitrogens with one attached hydrogen (secondary N) is 1. The van der Waals surface area contributed by atoms with Crippen molar-refractivity contribution in [3.05, 3.63) is 140 Å². The maximum absolute atomic E-state index is 11.8. The number of Topliss-reactive ketones (excluding diaryl/α,β-unsaturated/α-hetero) is 9. The van der Waals surface area contributed by atoms with E-state index in [0.29, 0.717) is 224 Å². The second-order valence-corrected chi connectivity index (χ2v) is 36.0. The van der Waals surface area contributed by atoms with Gasteiger partial charge in [-0.2, -0.15) is 12.8 Å². The van der Waals surface area contributed by atoms with Crippen LogP contribution in [-0.4, -0.2) is 186 Å². The van der Waals surface area contributed by atoms with Crippen LogP contribution in [0.1, 0.15) is 212 Å². The number of amides is 5. The van der Waals surface area contributed by atoms with E-state index < -0.39 is 6.03 Å².